The van der Waals surface area contributed by atoms with Gasteiger partial charge in [0.2, 0.25) is 0 Å². The van der Waals surface area contributed by atoms with Crippen molar-refractivity contribution in [2.45, 2.75) is 38.5 Å². The molecule has 5 nitrogen and oxygen atoms in total. The molecule has 0 spiro atoms. The molecular formula is C23H23ClN4O. The van der Waals surface area contributed by atoms with Gasteiger partial charge in [-0.3, -0.25) is 9.72 Å². The monoisotopic (exact) mass is 406 g/mol. The van der Waals surface area contributed by atoms with Crippen molar-refractivity contribution in [1.82, 2.24) is 19.9 Å². The highest BCUT2D eigenvalue weighted by Crippen LogP contribution is 2.32. The van der Waals surface area contributed by atoms with E-state index in [4.69, 9.17) is 16.3 Å². The molecule has 0 saturated heterocycles. The summed E-state index contributed by atoms with van der Waals surface area (Å²) >= 11 is 6.02. The van der Waals surface area contributed by atoms with Gasteiger partial charge in [-0.05, 0) is 60.7 Å². The molecule has 148 valence electrons. The molecule has 3 aromatic rings. The second kappa shape index (κ2) is 7.41. The Morgan fingerprint density at radius 1 is 1.07 bits per heavy atom. The fraction of sp³-hybridized carbons (Fsp3) is 0.304. The van der Waals surface area contributed by atoms with E-state index in [9.17, 15) is 0 Å². The molecule has 0 amide bonds. The van der Waals surface area contributed by atoms with Crippen LogP contribution in [0.1, 0.15) is 41.1 Å². The van der Waals surface area contributed by atoms with Gasteiger partial charge in [0, 0.05) is 17.3 Å². The first-order chi connectivity index (χ1) is 14.1. The van der Waals surface area contributed by atoms with Gasteiger partial charge in [-0.15, -0.1) is 10.2 Å². The average molecular weight is 407 g/mol. The van der Waals surface area contributed by atoms with Crippen LogP contribution < -0.4 is 5.32 Å². The summed E-state index contributed by atoms with van der Waals surface area (Å²) in [4.78, 5) is 0. The lowest BCUT2D eigenvalue weighted by molar-refractivity contribution is 0.0753. The molecule has 0 aliphatic carbocycles. The first kappa shape index (κ1) is 18.6. The van der Waals surface area contributed by atoms with Gasteiger partial charge >= 0.3 is 0 Å². The lowest BCUT2D eigenvalue weighted by Crippen LogP contribution is -2.29. The second-order valence-electron chi connectivity index (χ2n) is 7.74. The zero-order chi connectivity index (χ0) is 20.0. The molecule has 1 N–H and O–H groups in total. The van der Waals surface area contributed by atoms with Crippen molar-refractivity contribution in [2.24, 2.45) is 0 Å². The molecular weight excluding hydrogens is 384 g/mol. The number of aryl methyl sites for hydroxylation is 2. The molecule has 4 heterocycles. The zero-order valence-corrected chi connectivity index (χ0v) is 17.2. The maximum Gasteiger partial charge on any atom is 0.163 e. The number of rotatable bonds is 3. The number of ether oxygens (including phenoxy) is 1. The predicted molar refractivity (Wildman–Crippen MR) is 114 cm³/mol. The Morgan fingerprint density at radius 2 is 1.86 bits per heavy atom. The lowest BCUT2D eigenvalue weighted by Gasteiger charge is -2.26. The van der Waals surface area contributed by atoms with Crippen molar-refractivity contribution in [3.05, 3.63) is 87.9 Å². The lowest BCUT2D eigenvalue weighted by atomic mass is 9.97. The van der Waals surface area contributed by atoms with E-state index < -0.39 is 0 Å². The van der Waals surface area contributed by atoms with Crippen LogP contribution in [0.5, 0.6) is 0 Å². The fourth-order valence-electron chi connectivity index (χ4n) is 4.16. The topological polar surface area (TPSA) is 51.5 Å². The highest BCUT2D eigenvalue weighted by molar-refractivity contribution is 6.30. The second-order valence-corrected chi connectivity index (χ2v) is 8.18. The minimum Gasteiger partial charge on any atom is -0.369 e. The summed E-state index contributed by atoms with van der Waals surface area (Å²) < 4.78 is 8.05. The fourth-order valence-corrected chi connectivity index (χ4v) is 4.29. The third-order valence-corrected chi connectivity index (χ3v) is 6.00. The highest BCUT2D eigenvalue weighted by atomic mass is 35.5. The van der Waals surface area contributed by atoms with Gasteiger partial charge in [-0.25, -0.2) is 0 Å². The van der Waals surface area contributed by atoms with Crippen molar-refractivity contribution >= 4 is 17.2 Å². The van der Waals surface area contributed by atoms with Crippen LogP contribution in [0.4, 0.5) is 0 Å². The Hall–Kier alpha value is -2.47. The van der Waals surface area contributed by atoms with E-state index in [0.717, 1.165) is 40.6 Å². The van der Waals surface area contributed by atoms with Crippen molar-refractivity contribution in [1.29, 1.82) is 0 Å². The first-order valence-electron chi connectivity index (χ1n) is 9.92. The number of benzene rings is 1. The normalized spacial score (nSPS) is 24.2. The summed E-state index contributed by atoms with van der Waals surface area (Å²) in [6.07, 6.45) is 9.80. The van der Waals surface area contributed by atoms with Crippen LogP contribution in [0.15, 0.2) is 60.3 Å². The van der Waals surface area contributed by atoms with Crippen molar-refractivity contribution in [3.8, 4) is 0 Å². The Morgan fingerprint density at radius 3 is 2.69 bits per heavy atom. The summed E-state index contributed by atoms with van der Waals surface area (Å²) in [6, 6.07) is 10.5. The number of nitrogens with zero attached hydrogens (tertiary/aromatic N) is 3. The predicted octanol–water partition coefficient (Wildman–Crippen LogP) is 4.66. The van der Waals surface area contributed by atoms with Gasteiger partial charge in [-0.2, -0.15) is 0 Å². The van der Waals surface area contributed by atoms with Crippen LogP contribution in [-0.4, -0.2) is 27.2 Å². The Bertz CT molecular complexity index is 1120. The summed E-state index contributed by atoms with van der Waals surface area (Å²) in [5, 5.41) is 13.0. The number of hydrogen-bond acceptors (Lipinski definition) is 4. The van der Waals surface area contributed by atoms with Crippen LogP contribution in [0.2, 0.25) is 5.02 Å². The Labute approximate surface area is 175 Å². The van der Waals surface area contributed by atoms with Crippen molar-refractivity contribution in [2.75, 3.05) is 6.61 Å². The number of hydrogen-bond donors (Lipinski definition) is 1. The molecule has 2 aliphatic heterocycles. The van der Waals surface area contributed by atoms with E-state index in [-0.39, 0.29) is 18.2 Å². The van der Waals surface area contributed by atoms with Gasteiger partial charge in [0.15, 0.2) is 5.65 Å². The number of fused-ring (bicyclic) bond motifs is 1. The number of halogens is 1. The van der Waals surface area contributed by atoms with Gasteiger partial charge < -0.3 is 4.74 Å². The van der Waals surface area contributed by atoms with Gasteiger partial charge in [0.25, 0.3) is 0 Å². The molecule has 0 saturated carbocycles. The van der Waals surface area contributed by atoms with Crippen LogP contribution in [-0.2, 0) is 4.74 Å². The molecule has 3 atom stereocenters. The average Bonchev–Trinajstić information content (AvgIpc) is 3.37. The third kappa shape index (κ3) is 3.50. The van der Waals surface area contributed by atoms with Crippen molar-refractivity contribution in [3.63, 3.8) is 0 Å². The van der Waals surface area contributed by atoms with Crippen LogP contribution >= 0.6 is 11.6 Å². The molecule has 0 bridgehead atoms. The molecule has 0 fully saturated rings. The smallest absolute Gasteiger partial charge is 0.163 e. The minimum atomic E-state index is -0.0245. The maximum atomic E-state index is 6.02. The largest absolute Gasteiger partial charge is 0.369 e. The van der Waals surface area contributed by atoms with E-state index >= 15 is 0 Å². The zero-order valence-electron chi connectivity index (χ0n) is 16.5. The summed E-state index contributed by atoms with van der Waals surface area (Å²) in [5.41, 5.74) is 5.78. The standard InChI is InChI=1S/C23H23ClN4O/c1-14-11-18(13-28-15(2)26-27-23(14)28)21-8-7-20(25-21)17-9-10-29-22(12-17)16-3-5-19(24)6-4-16/h3-8,11-13,20-22,25H,9-10H2,1-2H3. The van der Waals surface area contributed by atoms with Crippen LogP contribution in [0.3, 0.4) is 0 Å². The summed E-state index contributed by atoms with van der Waals surface area (Å²) in [5.74, 6) is 0.904. The maximum absolute atomic E-state index is 6.02. The van der Waals surface area contributed by atoms with E-state index in [2.05, 4.69) is 57.3 Å². The number of pyridine rings is 1. The molecule has 3 unspecified atom stereocenters. The van der Waals surface area contributed by atoms with E-state index in [0.29, 0.717) is 0 Å². The first-order valence-corrected chi connectivity index (χ1v) is 10.3. The van der Waals surface area contributed by atoms with Crippen LogP contribution in [0.25, 0.3) is 5.65 Å². The number of aromatic nitrogens is 3. The molecule has 1 aromatic carbocycles. The van der Waals surface area contributed by atoms with Crippen molar-refractivity contribution < 1.29 is 4.74 Å². The Kier molecular flexibility index (Phi) is 4.74. The molecule has 29 heavy (non-hydrogen) atoms. The summed E-state index contributed by atoms with van der Waals surface area (Å²) in [6.45, 7) is 4.79. The molecule has 6 heteroatoms. The van der Waals surface area contributed by atoms with E-state index in [1.54, 1.807) is 0 Å². The Balaban J connectivity index is 1.37. The van der Waals surface area contributed by atoms with Gasteiger partial charge in [0.1, 0.15) is 11.9 Å². The van der Waals surface area contributed by atoms with E-state index in [1.165, 1.54) is 11.1 Å². The number of nitrogens with one attached hydrogen (secondary N) is 1. The van der Waals surface area contributed by atoms with Crippen LogP contribution in [0, 0.1) is 13.8 Å². The summed E-state index contributed by atoms with van der Waals surface area (Å²) in [7, 11) is 0. The van der Waals surface area contributed by atoms with E-state index in [1.807, 2.05) is 31.2 Å². The molecule has 2 aromatic heterocycles. The molecule has 5 rings (SSSR count). The molecule has 2 aliphatic rings. The third-order valence-electron chi connectivity index (χ3n) is 5.75. The minimum absolute atomic E-state index is 0.0245. The highest BCUT2D eigenvalue weighted by Gasteiger charge is 2.26. The molecule has 0 radical (unpaired) electrons. The SMILES string of the molecule is Cc1cc(C2C=CC(C3=CC(c4ccc(Cl)cc4)OCC3)N2)cn2c(C)nnc12. The van der Waals surface area contributed by atoms with Gasteiger partial charge in [0.05, 0.1) is 12.6 Å². The quantitative estimate of drug-likeness (QED) is 0.643. The van der Waals surface area contributed by atoms with Gasteiger partial charge in [-0.1, -0.05) is 42.0 Å².